The van der Waals surface area contributed by atoms with Crippen molar-refractivity contribution < 1.29 is 9.47 Å². The molecule has 1 heterocycles. The molecule has 110 valence electrons. The van der Waals surface area contributed by atoms with Crippen LogP contribution in [0.15, 0.2) is 18.2 Å². The lowest BCUT2D eigenvalue weighted by Gasteiger charge is -2.28. The Labute approximate surface area is 121 Å². The molecule has 1 unspecified atom stereocenters. The van der Waals surface area contributed by atoms with Gasteiger partial charge in [-0.05, 0) is 48.9 Å². The quantitative estimate of drug-likeness (QED) is 0.915. The summed E-state index contributed by atoms with van der Waals surface area (Å²) >= 11 is 0. The van der Waals surface area contributed by atoms with Crippen LogP contribution in [0.5, 0.6) is 11.5 Å². The van der Waals surface area contributed by atoms with Crippen LogP contribution in [0.3, 0.4) is 0 Å². The Morgan fingerprint density at radius 1 is 1.20 bits per heavy atom. The van der Waals surface area contributed by atoms with Crippen LogP contribution in [0.4, 0.5) is 0 Å². The van der Waals surface area contributed by atoms with E-state index in [1.54, 1.807) is 0 Å². The second-order valence-corrected chi connectivity index (χ2v) is 6.62. The zero-order valence-corrected chi connectivity index (χ0v) is 12.6. The molecule has 1 aromatic carbocycles. The van der Waals surface area contributed by atoms with Crippen LogP contribution in [0.1, 0.15) is 38.7 Å². The van der Waals surface area contributed by atoms with E-state index >= 15 is 0 Å². The van der Waals surface area contributed by atoms with Crippen LogP contribution < -0.4 is 14.8 Å². The lowest BCUT2D eigenvalue weighted by Crippen LogP contribution is -2.38. The molecule has 1 atom stereocenters. The van der Waals surface area contributed by atoms with Crippen LogP contribution in [0, 0.1) is 5.41 Å². The van der Waals surface area contributed by atoms with Gasteiger partial charge < -0.3 is 14.8 Å². The van der Waals surface area contributed by atoms with Gasteiger partial charge in [0.2, 0.25) is 0 Å². The normalized spacial score (nSPS) is 23.8. The average Bonchev–Trinajstić information content (AvgIpc) is 2.78. The molecule has 0 amide bonds. The smallest absolute Gasteiger partial charge is 0.161 e. The van der Waals surface area contributed by atoms with E-state index in [4.69, 9.17) is 9.47 Å². The van der Waals surface area contributed by atoms with E-state index < -0.39 is 0 Å². The number of fused-ring (bicyclic) bond motifs is 1. The topological polar surface area (TPSA) is 30.5 Å². The monoisotopic (exact) mass is 275 g/mol. The second-order valence-electron chi connectivity index (χ2n) is 6.62. The van der Waals surface area contributed by atoms with Gasteiger partial charge in [-0.1, -0.05) is 26.3 Å². The van der Waals surface area contributed by atoms with E-state index in [-0.39, 0.29) is 0 Å². The highest BCUT2D eigenvalue weighted by molar-refractivity contribution is 5.43. The predicted molar refractivity (Wildman–Crippen MR) is 80.6 cm³/mol. The zero-order valence-electron chi connectivity index (χ0n) is 12.6. The van der Waals surface area contributed by atoms with E-state index in [2.05, 4.69) is 31.3 Å². The highest BCUT2D eigenvalue weighted by atomic mass is 16.6. The van der Waals surface area contributed by atoms with Crippen molar-refractivity contribution in [2.24, 2.45) is 5.41 Å². The summed E-state index contributed by atoms with van der Waals surface area (Å²) in [5, 5.41) is 3.73. The average molecular weight is 275 g/mol. The first-order chi connectivity index (χ1) is 9.65. The van der Waals surface area contributed by atoms with Gasteiger partial charge in [0.25, 0.3) is 0 Å². The van der Waals surface area contributed by atoms with Gasteiger partial charge in [0.1, 0.15) is 13.2 Å². The molecule has 2 aliphatic rings. The molecule has 1 aliphatic heterocycles. The van der Waals surface area contributed by atoms with Crippen molar-refractivity contribution in [2.45, 2.75) is 45.6 Å². The SMILES string of the molecule is CC1(C)CCCC1NCCc1ccc2c(c1)OCCO2. The molecular weight excluding hydrogens is 250 g/mol. The Hall–Kier alpha value is -1.22. The summed E-state index contributed by atoms with van der Waals surface area (Å²) < 4.78 is 11.2. The Kier molecular flexibility index (Phi) is 3.88. The van der Waals surface area contributed by atoms with Crippen LogP contribution in [-0.2, 0) is 6.42 Å². The van der Waals surface area contributed by atoms with Crippen molar-refractivity contribution in [3.63, 3.8) is 0 Å². The number of rotatable bonds is 4. The van der Waals surface area contributed by atoms with Crippen molar-refractivity contribution in [2.75, 3.05) is 19.8 Å². The van der Waals surface area contributed by atoms with Gasteiger partial charge >= 0.3 is 0 Å². The Bertz CT molecular complexity index is 470. The molecule has 20 heavy (non-hydrogen) atoms. The van der Waals surface area contributed by atoms with Gasteiger partial charge in [-0.25, -0.2) is 0 Å². The first-order valence-corrected chi connectivity index (χ1v) is 7.77. The number of hydrogen-bond acceptors (Lipinski definition) is 3. The molecule has 1 fully saturated rings. The molecule has 3 nitrogen and oxygen atoms in total. The van der Waals surface area contributed by atoms with Crippen molar-refractivity contribution in [3.8, 4) is 11.5 Å². The fourth-order valence-corrected chi connectivity index (χ4v) is 3.34. The van der Waals surface area contributed by atoms with Crippen molar-refractivity contribution in [1.29, 1.82) is 0 Å². The zero-order chi connectivity index (χ0) is 14.0. The van der Waals surface area contributed by atoms with Gasteiger partial charge in [0.15, 0.2) is 11.5 Å². The number of benzene rings is 1. The summed E-state index contributed by atoms with van der Waals surface area (Å²) in [5.41, 5.74) is 1.77. The first-order valence-electron chi connectivity index (χ1n) is 7.77. The molecule has 0 spiro atoms. The predicted octanol–water partition coefficient (Wildman–Crippen LogP) is 3.17. The molecule has 3 heteroatoms. The van der Waals surface area contributed by atoms with Gasteiger partial charge in [0, 0.05) is 6.04 Å². The minimum absolute atomic E-state index is 0.451. The molecule has 0 aromatic heterocycles. The molecule has 1 N–H and O–H groups in total. The molecule has 0 saturated heterocycles. The lowest BCUT2D eigenvalue weighted by atomic mass is 9.87. The van der Waals surface area contributed by atoms with Crippen LogP contribution >= 0.6 is 0 Å². The number of hydrogen-bond donors (Lipinski definition) is 1. The third kappa shape index (κ3) is 2.93. The fourth-order valence-electron chi connectivity index (χ4n) is 3.34. The fraction of sp³-hybridized carbons (Fsp3) is 0.647. The third-order valence-electron chi connectivity index (χ3n) is 4.67. The number of nitrogens with one attached hydrogen (secondary N) is 1. The summed E-state index contributed by atoms with van der Waals surface area (Å²) in [6, 6.07) is 6.97. The summed E-state index contributed by atoms with van der Waals surface area (Å²) in [4.78, 5) is 0. The number of ether oxygens (including phenoxy) is 2. The minimum Gasteiger partial charge on any atom is -0.486 e. The van der Waals surface area contributed by atoms with Gasteiger partial charge in [-0.15, -0.1) is 0 Å². The summed E-state index contributed by atoms with van der Waals surface area (Å²) in [5.74, 6) is 1.78. The molecule has 0 radical (unpaired) electrons. The van der Waals surface area contributed by atoms with Gasteiger partial charge in [0.05, 0.1) is 0 Å². The van der Waals surface area contributed by atoms with Crippen LogP contribution in [0.25, 0.3) is 0 Å². The van der Waals surface area contributed by atoms with Crippen molar-refractivity contribution >= 4 is 0 Å². The summed E-state index contributed by atoms with van der Waals surface area (Å²) in [6.07, 6.45) is 5.06. The van der Waals surface area contributed by atoms with Crippen molar-refractivity contribution in [3.05, 3.63) is 23.8 Å². The maximum atomic E-state index is 5.63. The molecule has 3 rings (SSSR count). The van der Waals surface area contributed by atoms with E-state index in [1.165, 1.54) is 24.8 Å². The highest BCUT2D eigenvalue weighted by Crippen LogP contribution is 2.37. The molecular formula is C17H25NO2. The summed E-state index contributed by atoms with van der Waals surface area (Å²) in [7, 11) is 0. The Morgan fingerprint density at radius 2 is 2.00 bits per heavy atom. The largest absolute Gasteiger partial charge is 0.486 e. The maximum Gasteiger partial charge on any atom is 0.161 e. The molecule has 0 bridgehead atoms. The van der Waals surface area contributed by atoms with Crippen molar-refractivity contribution in [1.82, 2.24) is 5.32 Å². The standard InChI is InChI=1S/C17H25NO2/c1-17(2)8-3-4-16(17)18-9-7-13-5-6-14-15(12-13)20-11-10-19-14/h5-6,12,16,18H,3-4,7-11H2,1-2H3. The van der Waals surface area contributed by atoms with E-state index in [0.29, 0.717) is 24.7 Å². The second kappa shape index (κ2) is 5.65. The molecule has 1 aromatic rings. The Morgan fingerprint density at radius 3 is 2.75 bits per heavy atom. The van der Waals surface area contributed by atoms with Crippen LogP contribution in [-0.4, -0.2) is 25.8 Å². The van der Waals surface area contributed by atoms with E-state index in [1.807, 2.05) is 6.07 Å². The maximum absolute atomic E-state index is 5.63. The van der Waals surface area contributed by atoms with Crippen LogP contribution in [0.2, 0.25) is 0 Å². The third-order valence-corrected chi connectivity index (χ3v) is 4.67. The lowest BCUT2D eigenvalue weighted by molar-refractivity contribution is 0.171. The van der Waals surface area contributed by atoms with Gasteiger partial charge in [-0.2, -0.15) is 0 Å². The van der Waals surface area contributed by atoms with Gasteiger partial charge in [-0.3, -0.25) is 0 Å². The first kappa shape index (κ1) is 13.7. The summed E-state index contributed by atoms with van der Waals surface area (Å²) in [6.45, 7) is 7.10. The molecule has 1 aliphatic carbocycles. The van der Waals surface area contributed by atoms with E-state index in [9.17, 15) is 0 Å². The Balaban J connectivity index is 1.54. The highest BCUT2D eigenvalue weighted by Gasteiger charge is 2.33. The molecule has 1 saturated carbocycles. The minimum atomic E-state index is 0.451. The van der Waals surface area contributed by atoms with E-state index in [0.717, 1.165) is 24.5 Å².